The van der Waals surface area contributed by atoms with Gasteiger partial charge in [-0.1, -0.05) is 12.1 Å². The zero-order chi connectivity index (χ0) is 12.6. The van der Waals surface area contributed by atoms with Crippen molar-refractivity contribution in [2.45, 2.75) is 25.9 Å². The van der Waals surface area contributed by atoms with Gasteiger partial charge in [0.2, 0.25) is 0 Å². The zero-order valence-electron chi connectivity index (χ0n) is 10.5. The fourth-order valence-electron chi connectivity index (χ4n) is 2.10. The van der Waals surface area contributed by atoms with Gasteiger partial charge >= 0.3 is 0 Å². The number of carbonyl (C=O) groups excluding carboxylic acids is 1. The molecule has 2 N–H and O–H groups in total. The van der Waals surface area contributed by atoms with Gasteiger partial charge in [0.1, 0.15) is 5.60 Å². The van der Waals surface area contributed by atoms with Crippen LogP contribution in [0, 0.1) is 0 Å². The summed E-state index contributed by atoms with van der Waals surface area (Å²) in [6.45, 7) is 4.22. The van der Waals surface area contributed by atoms with Crippen molar-refractivity contribution < 1.29 is 9.53 Å². The number of nitrogens with two attached hydrogens (primary N) is 1. The molecule has 0 radical (unpaired) electrons. The topological polar surface area (TPSA) is 55.6 Å². The van der Waals surface area contributed by atoms with Crippen molar-refractivity contribution in [2.75, 3.05) is 24.3 Å². The van der Waals surface area contributed by atoms with Gasteiger partial charge in [-0.05, 0) is 31.9 Å². The summed E-state index contributed by atoms with van der Waals surface area (Å²) < 4.78 is 5.23. The molecule has 0 unspecified atom stereocenters. The smallest absolute Gasteiger partial charge is 0.258 e. The number of rotatable bonds is 2. The largest absolute Gasteiger partial charge is 0.397 e. The summed E-state index contributed by atoms with van der Waals surface area (Å²) in [5.41, 5.74) is 7.77. The quantitative estimate of drug-likeness (QED) is 0.790. The van der Waals surface area contributed by atoms with Crippen LogP contribution in [-0.2, 0) is 16.0 Å². The van der Waals surface area contributed by atoms with Crippen molar-refractivity contribution in [3.63, 3.8) is 0 Å². The molecule has 0 atom stereocenters. The maximum Gasteiger partial charge on any atom is 0.258 e. The number of benzene rings is 1. The lowest BCUT2D eigenvalue weighted by Gasteiger charge is -2.28. The number of nitrogen functional groups attached to an aromatic ring is 1. The summed E-state index contributed by atoms with van der Waals surface area (Å²) in [6, 6.07) is 5.76. The summed E-state index contributed by atoms with van der Waals surface area (Å²) in [4.78, 5) is 14.1. The van der Waals surface area contributed by atoms with Crippen LogP contribution in [0.2, 0.25) is 0 Å². The number of methoxy groups -OCH3 is 1. The first-order valence-corrected chi connectivity index (χ1v) is 5.72. The maximum atomic E-state index is 12.4. The van der Waals surface area contributed by atoms with E-state index in [2.05, 4.69) is 0 Å². The van der Waals surface area contributed by atoms with E-state index in [9.17, 15) is 4.79 Å². The molecule has 1 aliphatic rings. The number of amides is 1. The van der Waals surface area contributed by atoms with Gasteiger partial charge in [-0.3, -0.25) is 4.79 Å². The van der Waals surface area contributed by atoms with E-state index in [0.29, 0.717) is 12.2 Å². The van der Waals surface area contributed by atoms with Gasteiger partial charge in [0.15, 0.2) is 0 Å². The Morgan fingerprint density at radius 1 is 1.47 bits per heavy atom. The van der Waals surface area contributed by atoms with Crippen LogP contribution >= 0.6 is 0 Å². The molecule has 0 spiro atoms. The highest BCUT2D eigenvalue weighted by atomic mass is 16.5. The summed E-state index contributed by atoms with van der Waals surface area (Å²) in [5, 5.41) is 0. The number of carbonyl (C=O) groups is 1. The SMILES string of the molecule is COC(C)(C)C(=O)N1CCc2cccc(N)c21. The molecule has 1 aromatic rings. The molecule has 0 aromatic heterocycles. The molecule has 0 fully saturated rings. The Morgan fingerprint density at radius 3 is 2.82 bits per heavy atom. The van der Waals surface area contributed by atoms with Crippen molar-refractivity contribution in [3.8, 4) is 0 Å². The Bertz CT molecular complexity index is 455. The fraction of sp³-hybridized carbons (Fsp3) is 0.462. The average Bonchev–Trinajstić information content (AvgIpc) is 2.73. The van der Waals surface area contributed by atoms with Crippen LogP contribution in [0.5, 0.6) is 0 Å². The zero-order valence-corrected chi connectivity index (χ0v) is 10.5. The Hall–Kier alpha value is -1.55. The predicted octanol–water partition coefficient (Wildman–Crippen LogP) is 1.58. The molecule has 0 saturated heterocycles. The Labute approximate surface area is 101 Å². The van der Waals surface area contributed by atoms with E-state index in [1.807, 2.05) is 18.2 Å². The van der Waals surface area contributed by atoms with E-state index in [4.69, 9.17) is 10.5 Å². The lowest BCUT2D eigenvalue weighted by Crippen LogP contribution is -2.46. The molecule has 1 aliphatic heterocycles. The first-order chi connectivity index (χ1) is 7.97. The van der Waals surface area contributed by atoms with Gasteiger partial charge in [0.25, 0.3) is 5.91 Å². The Morgan fingerprint density at radius 2 is 2.18 bits per heavy atom. The number of anilines is 2. The lowest BCUT2D eigenvalue weighted by molar-refractivity contribution is -0.136. The maximum absolute atomic E-state index is 12.4. The van der Waals surface area contributed by atoms with Gasteiger partial charge in [0, 0.05) is 13.7 Å². The van der Waals surface area contributed by atoms with E-state index in [1.165, 1.54) is 0 Å². The van der Waals surface area contributed by atoms with Crippen molar-refractivity contribution >= 4 is 17.3 Å². The molecule has 0 bridgehead atoms. The normalized spacial score (nSPS) is 14.9. The monoisotopic (exact) mass is 234 g/mol. The second-order valence-corrected chi connectivity index (χ2v) is 4.78. The van der Waals surface area contributed by atoms with Gasteiger partial charge < -0.3 is 15.4 Å². The van der Waals surface area contributed by atoms with Gasteiger partial charge in [-0.2, -0.15) is 0 Å². The molecule has 17 heavy (non-hydrogen) atoms. The second-order valence-electron chi connectivity index (χ2n) is 4.78. The summed E-state index contributed by atoms with van der Waals surface area (Å²) in [6.07, 6.45) is 0.853. The number of ether oxygens (including phenoxy) is 1. The van der Waals surface area contributed by atoms with E-state index in [-0.39, 0.29) is 5.91 Å². The molecular formula is C13H18N2O2. The fourth-order valence-corrected chi connectivity index (χ4v) is 2.10. The number of hydrogen-bond donors (Lipinski definition) is 1. The molecule has 4 nitrogen and oxygen atoms in total. The average molecular weight is 234 g/mol. The van der Waals surface area contributed by atoms with Crippen molar-refractivity contribution in [1.29, 1.82) is 0 Å². The number of para-hydroxylation sites is 1. The summed E-state index contributed by atoms with van der Waals surface area (Å²) in [7, 11) is 1.54. The summed E-state index contributed by atoms with van der Waals surface area (Å²) in [5.74, 6) is -0.0448. The number of hydrogen-bond acceptors (Lipinski definition) is 3. The second kappa shape index (κ2) is 4.04. The van der Waals surface area contributed by atoms with Crippen molar-refractivity contribution in [1.82, 2.24) is 0 Å². The highest BCUT2D eigenvalue weighted by Crippen LogP contribution is 2.35. The molecule has 2 rings (SSSR count). The number of fused-ring (bicyclic) bond motifs is 1. The Kier molecular flexibility index (Phi) is 2.83. The standard InChI is InChI=1S/C13H18N2O2/c1-13(2,17-3)12(16)15-8-7-9-5-4-6-10(14)11(9)15/h4-6H,7-8,14H2,1-3H3. The molecule has 92 valence electrons. The molecule has 4 heteroatoms. The summed E-state index contributed by atoms with van der Waals surface area (Å²) >= 11 is 0. The van der Waals surface area contributed by atoms with Gasteiger partial charge in [-0.15, -0.1) is 0 Å². The lowest BCUT2D eigenvalue weighted by atomic mass is 10.1. The highest BCUT2D eigenvalue weighted by molar-refractivity contribution is 6.03. The van der Waals surface area contributed by atoms with Crippen molar-refractivity contribution in [3.05, 3.63) is 23.8 Å². The van der Waals surface area contributed by atoms with Crippen LogP contribution in [-0.4, -0.2) is 25.2 Å². The van der Waals surface area contributed by atoms with Crippen molar-refractivity contribution in [2.24, 2.45) is 0 Å². The first-order valence-electron chi connectivity index (χ1n) is 5.72. The first kappa shape index (κ1) is 11.9. The minimum absolute atomic E-state index is 0.0448. The third-order valence-electron chi connectivity index (χ3n) is 3.30. The molecule has 1 amide bonds. The van der Waals surface area contributed by atoms with E-state index < -0.39 is 5.60 Å². The van der Waals surface area contributed by atoms with Crippen LogP contribution in [0.25, 0.3) is 0 Å². The molecular weight excluding hydrogens is 216 g/mol. The Balaban J connectivity index is 2.38. The highest BCUT2D eigenvalue weighted by Gasteiger charge is 2.36. The van der Waals surface area contributed by atoms with Crippen LogP contribution in [0.15, 0.2) is 18.2 Å². The molecule has 1 heterocycles. The van der Waals surface area contributed by atoms with Gasteiger partial charge in [0.05, 0.1) is 11.4 Å². The minimum Gasteiger partial charge on any atom is -0.397 e. The molecule has 0 aliphatic carbocycles. The third kappa shape index (κ3) is 1.89. The van der Waals surface area contributed by atoms with Crippen LogP contribution in [0.3, 0.4) is 0 Å². The van der Waals surface area contributed by atoms with E-state index in [1.54, 1.807) is 25.9 Å². The van der Waals surface area contributed by atoms with Crippen LogP contribution < -0.4 is 10.6 Å². The minimum atomic E-state index is -0.816. The molecule has 1 aromatic carbocycles. The van der Waals surface area contributed by atoms with Crippen LogP contribution in [0.4, 0.5) is 11.4 Å². The number of nitrogens with zero attached hydrogens (tertiary/aromatic N) is 1. The van der Waals surface area contributed by atoms with E-state index in [0.717, 1.165) is 17.7 Å². The predicted molar refractivity (Wildman–Crippen MR) is 68.0 cm³/mol. The van der Waals surface area contributed by atoms with Gasteiger partial charge in [-0.25, -0.2) is 0 Å². The third-order valence-corrected chi connectivity index (χ3v) is 3.30. The van der Waals surface area contributed by atoms with E-state index >= 15 is 0 Å². The van der Waals surface area contributed by atoms with Crippen LogP contribution in [0.1, 0.15) is 19.4 Å². The molecule has 0 saturated carbocycles.